The maximum absolute atomic E-state index is 13.0. The molecule has 26 heavy (non-hydrogen) atoms. The third-order valence-corrected chi connectivity index (χ3v) is 5.11. The Balaban J connectivity index is 1.84. The predicted octanol–water partition coefficient (Wildman–Crippen LogP) is 3.50. The summed E-state index contributed by atoms with van der Waals surface area (Å²) in [4.78, 5) is 25.0. The van der Waals surface area contributed by atoms with Crippen molar-refractivity contribution in [1.82, 2.24) is 5.32 Å². The number of methoxy groups -OCH3 is 1. The van der Waals surface area contributed by atoms with E-state index in [1.54, 1.807) is 0 Å². The van der Waals surface area contributed by atoms with Crippen LogP contribution in [0.1, 0.15) is 36.8 Å². The van der Waals surface area contributed by atoms with Gasteiger partial charge in [-0.3, -0.25) is 4.79 Å². The Morgan fingerprint density at radius 2 is 1.35 bits per heavy atom. The van der Waals surface area contributed by atoms with E-state index in [9.17, 15) is 9.59 Å². The molecule has 1 aliphatic carbocycles. The molecule has 2 aromatic carbocycles. The van der Waals surface area contributed by atoms with Crippen molar-refractivity contribution in [2.75, 3.05) is 7.11 Å². The Kier molecular flexibility index (Phi) is 5.40. The fraction of sp³-hybridized carbons (Fsp3) is 0.364. The van der Waals surface area contributed by atoms with E-state index in [0.717, 1.165) is 11.1 Å². The Bertz CT molecular complexity index is 712. The van der Waals surface area contributed by atoms with E-state index in [1.807, 2.05) is 50.2 Å². The van der Waals surface area contributed by atoms with E-state index in [4.69, 9.17) is 4.74 Å². The Hall–Kier alpha value is -2.62. The minimum Gasteiger partial charge on any atom is -0.467 e. The fourth-order valence-corrected chi connectivity index (χ4v) is 3.69. The van der Waals surface area contributed by atoms with Crippen LogP contribution in [0.3, 0.4) is 0 Å². The second-order valence-electron chi connectivity index (χ2n) is 7.15. The van der Waals surface area contributed by atoms with Crippen LogP contribution in [0.15, 0.2) is 60.7 Å². The molecule has 4 heteroatoms. The van der Waals surface area contributed by atoms with Crippen molar-refractivity contribution in [2.24, 2.45) is 11.8 Å². The molecule has 1 N–H and O–H groups in total. The van der Waals surface area contributed by atoms with Crippen molar-refractivity contribution >= 4 is 11.9 Å². The average molecular weight is 351 g/mol. The second-order valence-corrected chi connectivity index (χ2v) is 7.15. The van der Waals surface area contributed by atoms with Gasteiger partial charge in [-0.25, -0.2) is 4.79 Å². The maximum atomic E-state index is 13.0. The molecule has 1 fully saturated rings. The first-order chi connectivity index (χ1) is 12.5. The zero-order valence-corrected chi connectivity index (χ0v) is 15.4. The molecule has 3 rings (SSSR count). The lowest BCUT2D eigenvalue weighted by molar-refractivity contribution is -0.146. The number of hydrogen-bond acceptors (Lipinski definition) is 3. The first-order valence-electron chi connectivity index (χ1n) is 9.02. The summed E-state index contributed by atoms with van der Waals surface area (Å²) < 4.78 is 4.84. The van der Waals surface area contributed by atoms with Gasteiger partial charge in [-0.2, -0.15) is 0 Å². The topological polar surface area (TPSA) is 55.4 Å². The van der Waals surface area contributed by atoms with Gasteiger partial charge in [0.25, 0.3) is 0 Å². The first kappa shape index (κ1) is 18.2. The van der Waals surface area contributed by atoms with Crippen LogP contribution in [0.25, 0.3) is 0 Å². The lowest BCUT2D eigenvalue weighted by atomic mass is 10.0. The van der Waals surface area contributed by atoms with E-state index in [-0.39, 0.29) is 29.6 Å². The minimum absolute atomic E-state index is 0.0319. The highest BCUT2D eigenvalue weighted by Crippen LogP contribution is 2.60. The van der Waals surface area contributed by atoms with Crippen molar-refractivity contribution in [1.29, 1.82) is 0 Å². The summed E-state index contributed by atoms with van der Waals surface area (Å²) in [6.07, 6.45) is 0. The normalized spacial score (nSPS) is 22.5. The zero-order valence-electron chi connectivity index (χ0n) is 15.4. The van der Waals surface area contributed by atoms with Crippen LogP contribution in [0, 0.1) is 11.8 Å². The molecule has 1 amide bonds. The molecule has 0 heterocycles. The number of amides is 1. The molecule has 0 saturated heterocycles. The van der Waals surface area contributed by atoms with Gasteiger partial charge in [0, 0.05) is 11.8 Å². The van der Waals surface area contributed by atoms with E-state index in [0.29, 0.717) is 0 Å². The van der Waals surface area contributed by atoms with Crippen molar-refractivity contribution in [3.05, 3.63) is 71.8 Å². The molecular weight excluding hydrogens is 326 g/mol. The van der Waals surface area contributed by atoms with E-state index in [2.05, 4.69) is 29.6 Å². The Labute approximate surface area is 154 Å². The van der Waals surface area contributed by atoms with Gasteiger partial charge in [0.1, 0.15) is 6.04 Å². The van der Waals surface area contributed by atoms with Gasteiger partial charge in [0.2, 0.25) is 5.91 Å². The largest absolute Gasteiger partial charge is 0.467 e. The van der Waals surface area contributed by atoms with Crippen molar-refractivity contribution < 1.29 is 14.3 Å². The van der Waals surface area contributed by atoms with Crippen LogP contribution >= 0.6 is 0 Å². The lowest BCUT2D eigenvalue weighted by Crippen LogP contribution is -2.45. The van der Waals surface area contributed by atoms with Crippen molar-refractivity contribution in [2.45, 2.75) is 31.7 Å². The molecule has 1 unspecified atom stereocenters. The number of rotatable bonds is 6. The monoisotopic (exact) mass is 351 g/mol. The molecule has 1 aliphatic rings. The quantitative estimate of drug-likeness (QED) is 0.811. The standard InChI is InChI=1S/C22H25NO3/c1-14(2)20(22(25)26-3)23-21(24)19-17(15-10-6-4-7-11-15)18(19)16-12-8-5-9-13-16/h4-14,17-20H,1-3H3,(H,23,24)/t17-,18+,19?,20-/m0/s1. The zero-order chi connectivity index (χ0) is 18.7. The highest BCUT2D eigenvalue weighted by atomic mass is 16.5. The van der Waals surface area contributed by atoms with Crippen LogP contribution in [0.5, 0.6) is 0 Å². The maximum Gasteiger partial charge on any atom is 0.328 e. The summed E-state index contributed by atoms with van der Waals surface area (Å²) in [5, 5.41) is 2.92. The Morgan fingerprint density at radius 1 is 0.885 bits per heavy atom. The SMILES string of the molecule is COC(=O)[C@@H](NC(=O)C1[C@@H](c2ccccc2)[C@H]1c1ccccc1)C(C)C. The number of ether oxygens (including phenoxy) is 1. The molecule has 0 aliphatic heterocycles. The predicted molar refractivity (Wildman–Crippen MR) is 101 cm³/mol. The summed E-state index contributed by atoms with van der Waals surface area (Å²) in [7, 11) is 1.35. The summed E-state index contributed by atoms with van der Waals surface area (Å²) >= 11 is 0. The van der Waals surface area contributed by atoms with Gasteiger partial charge in [0.05, 0.1) is 13.0 Å². The third kappa shape index (κ3) is 3.64. The van der Waals surface area contributed by atoms with Crippen LogP contribution < -0.4 is 5.32 Å². The summed E-state index contributed by atoms with van der Waals surface area (Å²) in [6.45, 7) is 3.80. The Morgan fingerprint density at radius 3 is 1.73 bits per heavy atom. The minimum atomic E-state index is -0.624. The number of benzene rings is 2. The number of esters is 1. The number of carbonyl (C=O) groups is 2. The molecule has 136 valence electrons. The average Bonchev–Trinajstić information content (AvgIpc) is 3.42. The van der Waals surface area contributed by atoms with Gasteiger partial charge in [-0.15, -0.1) is 0 Å². The molecule has 0 radical (unpaired) electrons. The van der Waals surface area contributed by atoms with Gasteiger partial charge in [-0.1, -0.05) is 74.5 Å². The summed E-state index contributed by atoms with van der Waals surface area (Å²) in [5.74, 6) is -0.437. The summed E-state index contributed by atoms with van der Waals surface area (Å²) in [5.41, 5.74) is 2.31. The second kappa shape index (κ2) is 7.73. The van der Waals surface area contributed by atoms with E-state index >= 15 is 0 Å². The smallest absolute Gasteiger partial charge is 0.328 e. The van der Waals surface area contributed by atoms with Crippen LogP contribution in [-0.2, 0) is 14.3 Å². The molecule has 2 aromatic rings. The van der Waals surface area contributed by atoms with Gasteiger partial charge < -0.3 is 10.1 Å². The first-order valence-corrected chi connectivity index (χ1v) is 9.02. The fourth-order valence-electron chi connectivity index (χ4n) is 3.69. The van der Waals surface area contributed by atoms with Crippen LogP contribution in [0.4, 0.5) is 0 Å². The van der Waals surface area contributed by atoms with E-state index in [1.165, 1.54) is 7.11 Å². The van der Waals surface area contributed by atoms with Gasteiger partial charge >= 0.3 is 5.97 Å². The lowest BCUT2D eigenvalue weighted by Gasteiger charge is -2.20. The summed E-state index contributed by atoms with van der Waals surface area (Å²) in [6, 6.07) is 19.6. The van der Waals surface area contributed by atoms with Gasteiger partial charge in [0.15, 0.2) is 0 Å². The number of nitrogens with one attached hydrogen (secondary N) is 1. The van der Waals surface area contributed by atoms with Crippen molar-refractivity contribution in [3.8, 4) is 0 Å². The molecule has 0 spiro atoms. The van der Waals surface area contributed by atoms with Crippen LogP contribution in [-0.4, -0.2) is 25.0 Å². The van der Waals surface area contributed by atoms with Crippen LogP contribution in [0.2, 0.25) is 0 Å². The number of carbonyl (C=O) groups excluding carboxylic acids is 2. The van der Waals surface area contributed by atoms with Gasteiger partial charge in [-0.05, 0) is 17.0 Å². The third-order valence-electron chi connectivity index (χ3n) is 5.11. The highest BCUT2D eigenvalue weighted by Gasteiger charge is 2.56. The molecule has 4 atom stereocenters. The highest BCUT2D eigenvalue weighted by molar-refractivity contribution is 5.89. The molecular formula is C22H25NO3. The van der Waals surface area contributed by atoms with E-state index < -0.39 is 12.0 Å². The van der Waals surface area contributed by atoms with Crippen molar-refractivity contribution in [3.63, 3.8) is 0 Å². The molecule has 0 aromatic heterocycles. The molecule has 0 bridgehead atoms. The number of hydrogen-bond donors (Lipinski definition) is 1. The molecule has 1 saturated carbocycles. The molecule has 4 nitrogen and oxygen atoms in total.